The van der Waals surface area contributed by atoms with Crippen LogP contribution in [-0.2, 0) is 21.2 Å². The van der Waals surface area contributed by atoms with Crippen molar-refractivity contribution in [1.29, 1.82) is 0 Å². The van der Waals surface area contributed by atoms with Gasteiger partial charge in [-0.1, -0.05) is 18.2 Å². The highest BCUT2D eigenvalue weighted by Crippen LogP contribution is 2.25. The van der Waals surface area contributed by atoms with E-state index in [-0.39, 0.29) is 31.2 Å². The Bertz CT molecular complexity index is 887. The molecule has 1 aliphatic heterocycles. The number of carbonyl (C=O) groups is 1. The standard InChI is InChI=1S/C18H21FN2O3S2/c1-14-6-9-18(25-14)26(23,24)21-12-10-20(11-13-21)17(22)8-7-15-4-2-3-5-16(15)19/h2-6,9H,7-8,10-13H2,1H3. The van der Waals surface area contributed by atoms with Gasteiger partial charge in [-0.25, -0.2) is 12.8 Å². The van der Waals surface area contributed by atoms with Crippen molar-refractivity contribution in [2.24, 2.45) is 0 Å². The first-order valence-corrected chi connectivity index (χ1v) is 10.7. The smallest absolute Gasteiger partial charge is 0.252 e. The third kappa shape index (κ3) is 4.13. The van der Waals surface area contributed by atoms with Gasteiger partial charge in [-0.3, -0.25) is 4.79 Å². The molecular weight excluding hydrogens is 375 g/mol. The zero-order valence-electron chi connectivity index (χ0n) is 14.5. The summed E-state index contributed by atoms with van der Waals surface area (Å²) in [7, 11) is -3.49. The average molecular weight is 397 g/mol. The van der Waals surface area contributed by atoms with Gasteiger partial charge in [-0.2, -0.15) is 4.31 Å². The van der Waals surface area contributed by atoms with Crippen LogP contribution in [0.3, 0.4) is 0 Å². The Labute approximate surface area is 157 Å². The van der Waals surface area contributed by atoms with Gasteiger partial charge in [-0.05, 0) is 37.1 Å². The van der Waals surface area contributed by atoms with Crippen molar-refractivity contribution in [1.82, 2.24) is 9.21 Å². The van der Waals surface area contributed by atoms with Crippen LogP contribution in [0, 0.1) is 12.7 Å². The Hall–Kier alpha value is -1.77. The lowest BCUT2D eigenvalue weighted by Gasteiger charge is -2.33. The number of nitrogens with zero attached hydrogens (tertiary/aromatic N) is 2. The van der Waals surface area contributed by atoms with E-state index in [0.29, 0.717) is 29.3 Å². The van der Waals surface area contributed by atoms with E-state index in [1.807, 2.05) is 6.92 Å². The number of sulfonamides is 1. The molecule has 2 aromatic rings. The highest BCUT2D eigenvalue weighted by atomic mass is 32.2. The number of rotatable bonds is 5. The van der Waals surface area contributed by atoms with Gasteiger partial charge in [0.25, 0.3) is 10.0 Å². The van der Waals surface area contributed by atoms with E-state index in [0.717, 1.165) is 4.88 Å². The Kier molecular flexibility index (Phi) is 5.74. The van der Waals surface area contributed by atoms with Crippen LogP contribution < -0.4 is 0 Å². The summed E-state index contributed by atoms with van der Waals surface area (Å²) in [5.41, 5.74) is 0.523. The molecule has 1 saturated heterocycles. The average Bonchev–Trinajstić information content (AvgIpc) is 3.08. The second-order valence-electron chi connectivity index (χ2n) is 6.24. The zero-order valence-corrected chi connectivity index (χ0v) is 16.2. The van der Waals surface area contributed by atoms with Gasteiger partial charge < -0.3 is 4.90 Å². The number of hydrogen-bond donors (Lipinski definition) is 0. The number of thiophene rings is 1. The summed E-state index contributed by atoms with van der Waals surface area (Å²) in [5.74, 6) is -0.375. The normalized spacial score (nSPS) is 16.0. The fourth-order valence-corrected chi connectivity index (χ4v) is 5.82. The van der Waals surface area contributed by atoms with E-state index in [1.54, 1.807) is 35.2 Å². The molecule has 1 fully saturated rings. The van der Waals surface area contributed by atoms with Crippen LogP contribution >= 0.6 is 11.3 Å². The zero-order chi connectivity index (χ0) is 18.7. The van der Waals surface area contributed by atoms with Gasteiger partial charge in [0.2, 0.25) is 5.91 Å². The summed E-state index contributed by atoms with van der Waals surface area (Å²) in [6.45, 7) is 3.16. The van der Waals surface area contributed by atoms with Gasteiger partial charge in [0, 0.05) is 37.5 Å². The van der Waals surface area contributed by atoms with Crippen LogP contribution in [-0.4, -0.2) is 49.7 Å². The van der Waals surface area contributed by atoms with Crippen molar-refractivity contribution < 1.29 is 17.6 Å². The van der Waals surface area contributed by atoms with E-state index < -0.39 is 10.0 Å². The number of aryl methyl sites for hydroxylation is 2. The van der Waals surface area contributed by atoms with Gasteiger partial charge in [0.1, 0.15) is 10.0 Å². The molecule has 0 atom stereocenters. The minimum Gasteiger partial charge on any atom is -0.340 e. The van der Waals surface area contributed by atoms with Crippen LogP contribution in [0.25, 0.3) is 0 Å². The van der Waals surface area contributed by atoms with Crippen molar-refractivity contribution in [2.75, 3.05) is 26.2 Å². The highest BCUT2D eigenvalue weighted by Gasteiger charge is 2.30. The summed E-state index contributed by atoms with van der Waals surface area (Å²) < 4.78 is 40.6. The van der Waals surface area contributed by atoms with Crippen molar-refractivity contribution in [3.8, 4) is 0 Å². The van der Waals surface area contributed by atoms with Crippen molar-refractivity contribution >= 4 is 27.3 Å². The number of amides is 1. The van der Waals surface area contributed by atoms with E-state index in [1.165, 1.54) is 21.7 Å². The van der Waals surface area contributed by atoms with Crippen molar-refractivity contribution in [2.45, 2.75) is 24.0 Å². The molecule has 0 unspecified atom stereocenters. The molecule has 2 heterocycles. The monoisotopic (exact) mass is 396 g/mol. The van der Waals surface area contributed by atoms with E-state index in [4.69, 9.17) is 0 Å². The molecule has 3 rings (SSSR count). The molecule has 26 heavy (non-hydrogen) atoms. The maximum Gasteiger partial charge on any atom is 0.252 e. The molecule has 0 N–H and O–H groups in total. The predicted octanol–water partition coefficient (Wildman–Crippen LogP) is 2.66. The molecular formula is C18H21FN2O3S2. The van der Waals surface area contributed by atoms with E-state index in [2.05, 4.69) is 0 Å². The number of hydrogen-bond acceptors (Lipinski definition) is 4. The molecule has 0 spiro atoms. The van der Waals surface area contributed by atoms with E-state index in [9.17, 15) is 17.6 Å². The molecule has 0 aliphatic carbocycles. The lowest BCUT2D eigenvalue weighted by Crippen LogP contribution is -2.50. The van der Waals surface area contributed by atoms with Gasteiger partial charge in [0.05, 0.1) is 0 Å². The highest BCUT2D eigenvalue weighted by molar-refractivity contribution is 7.91. The SMILES string of the molecule is Cc1ccc(S(=O)(=O)N2CCN(C(=O)CCc3ccccc3F)CC2)s1. The topological polar surface area (TPSA) is 57.7 Å². The lowest BCUT2D eigenvalue weighted by molar-refractivity contribution is -0.132. The second-order valence-corrected chi connectivity index (χ2v) is 9.69. The summed E-state index contributed by atoms with van der Waals surface area (Å²) in [6.07, 6.45) is 0.566. The van der Waals surface area contributed by atoms with Gasteiger partial charge in [0.15, 0.2) is 0 Å². The maximum atomic E-state index is 13.6. The fraction of sp³-hybridized carbons (Fsp3) is 0.389. The molecule has 0 bridgehead atoms. The first-order valence-electron chi connectivity index (χ1n) is 8.46. The predicted molar refractivity (Wildman–Crippen MR) is 99.1 cm³/mol. The molecule has 0 radical (unpaired) electrons. The molecule has 140 valence electrons. The largest absolute Gasteiger partial charge is 0.340 e. The molecule has 5 nitrogen and oxygen atoms in total. The Morgan fingerprint density at radius 2 is 1.81 bits per heavy atom. The van der Waals surface area contributed by atoms with Crippen LogP contribution in [0.4, 0.5) is 4.39 Å². The quantitative estimate of drug-likeness (QED) is 0.781. The third-order valence-electron chi connectivity index (χ3n) is 4.47. The van der Waals surface area contributed by atoms with Crippen LogP contribution in [0.15, 0.2) is 40.6 Å². The Morgan fingerprint density at radius 1 is 1.12 bits per heavy atom. The number of carbonyl (C=O) groups excluding carboxylic acids is 1. The summed E-state index contributed by atoms with van der Waals surface area (Å²) in [4.78, 5) is 15.0. The van der Waals surface area contributed by atoms with Crippen molar-refractivity contribution in [3.63, 3.8) is 0 Å². The molecule has 1 amide bonds. The number of halogens is 1. The van der Waals surface area contributed by atoms with Crippen LogP contribution in [0.2, 0.25) is 0 Å². The molecule has 0 saturated carbocycles. The van der Waals surface area contributed by atoms with Gasteiger partial charge >= 0.3 is 0 Å². The summed E-state index contributed by atoms with van der Waals surface area (Å²) >= 11 is 1.26. The van der Waals surface area contributed by atoms with Crippen LogP contribution in [0.1, 0.15) is 16.9 Å². The fourth-order valence-electron chi connectivity index (χ4n) is 2.96. The summed E-state index contributed by atoms with van der Waals surface area (Å²) in [6, 6.07) is 9.85. The number of piperazine rings is 1. The Morgan fingerprint density at radius 3 is 2.42 bits per heavy atom. The third-order valence-corrected chi connectivity index (χ3v) is 7.83. The summed E-state index contributed by atoms with van der Waals surface area (Å²) in [5, 5.41) is 0. The molecule has 8 heteroatoms. The van der Waals surface area contributed by atoms with E-state index >= 15 is 0 Å². The van der Waals surface area contributed by atoms with Crippen LogP contribution in [0.5, 0.6) is 0 Å². The molecule has 1 aliphatic rings. The number of benzene rings is 1. The second kappa shape index (κ2) is 7.85. The minimum absolute atomic E-state index is 0.0720. The minimum atomic E-state index is -3.49. The molecule has 1 aromatic carbocycles. The maximum absolute atomic E-state index is 13.6. The molecule has 1 aromatic heterocycles. The lowest BCUT2D eigenvalue weighted by atomic mass is 10.1. The first kappa shape index (κ1) is 19.0. The Balaban J connectivity index is 1.55. The van der Waals surface area contributed by atoms with Crippen molar-refractivity contribution in [3.05, 3.63) is 52.7 Å². The van der Waals surface area contributed by atoms with Gasteiger partial charge in [-0.15, -0.1) is 11.3 Å². The first-order chi connectivity index (χ1) is 12.4.